The van der Waals surface area contributed by atoms with Gasteiger partial charge in [0.15, 0.2) is 26.0 Å². The van der Waals surface area contributed by atoms with E-state index in [2.05, 4.69) is 53.7 Å². The third-order valence-electron chi connectivity index (χ3n) is 7.00. The fraction of sp³-hybridized carbons (Fsp3) is 0.762. The second-order valence-electron chi connectivity index (χ2n) is 10.1. The highest BCUT2D eigenvalue weighted by Crippen LogP contribution is 2.42. The van der Waals surface area contributed by atoms with Crippen LogP contribution in [0.4, 0.5) is 5.82 Å². The first-order valence-electron chi connectivity index (χ1n) is 11.2. The summed E-state index contributed by atoms with van der Waals surface area (Å²) in [4.78, 5) is 15.3. The number of nitrogens with zero attached hydrogens (tertiary/aromatic N) is 5. The number of ether oxygens (including phenoxy) is 3. The van der Waals surface area contributed by atoms with Gasteiger partial charge in [-0.1, -0.05) is 20.8 Å². The van der Waals surface area contributed by atoms with Gasteiger partial charge in [-0.3, -0.25) is 9.47 Å². The molecule has 1 unspecified atom stereocenters. The lowest BCUT2D eigenvalue weighted by Crippen LogP contribution is -2.52. The molecule has 2 aromatic heterocycles. The minimum Gasteiger partial charge on any atom is -0.408 e. The number of hydrogen-bond donors (Lipinski definition) is 1. The summed E-state index contributed by atoms with van der Waals surface area (Å²) in [6.07, 6.45) is 2.02. The molecule has 4 heterocycles. The third-order valence-corrected chi connectivity index (χ3v) is 11.5. The van der Waals surface area contributed by atoms with Crippen LogP contribution in [0.1, 0.15) is 27.0 Å². The molecule has 2 N–H and O–H groups in total. The quantitative estimate of drug-likeness (QED) is 0.642. The Morgan fingerprint density at radius 2 is 1.88 bits per heavy atom. The van der Waals surface area contributed by atoms with Crippen molar-refractivity contribution >= 4 is 25.3 Å². The van der Waals surface area contributed by atoms with Crippen molar-refractivity contribution in [2.45, 2.75) is 63.4 Å². The largest absolute Gasteiger partial charge is 0.408 e. The molecule has 178 valence electrons. The molecule has 10 nitrogen and oxygen atoms in total. The number of rotatable bonds is 6. The van der Waals surface area contributed by atoms with Crippen LogP contribution in [0.2, 0.25) is 18.1 Å². The van der Waals surface area contributed by atoms with Gasteiger partial charge in [0.1, 0.15) is 30.2 Å². The van der Waals surface area contributed by atoms with Gasteiger partial charge in [-0.05, 0) is 18.1 Å². The molecule has 2 aliphatic heterocycles. The minimum absolute atomic E-state index is 0.0657. The first-order valence-corrected chi connectivity index (χ1v) is 14.1. The monoisotopic (exact) mass is 464 g/mol. The van der Waals surface area contributed by atoms with Gasteiger partial charge in [-0.15, -0.1) is 0 Å². The Hall–Kier alpha value is -1.63. The van der Waals surface area contributed by atoms with E-state index in [9.17, 15) is 0 Å². The average Bonchev–Trinajstić information content (AvgIpc) is 3.30. The Morgan fingerprint density at radius 3 is 2.53 bits per heavy atom. The number of imidazole rings is 1. The van der Waals surface area contributed by atoms with Crippen molar-refractivity contribution < 1.29 is 18.6 Å². The van der Waals surface area contributed by atoms with E-state index in [-0.39, 0.29) is 23.4 Å². The molecule has 11 heteroatoms. The molecular formula is C21H36N6O4Si. The molecule has 0 radical (unpaired) electrons. The van der Waals surface area contributed by atoms with E-state index in [1.807, 2.05) is 4.57 Å². The van der Waals surface area contributed by atoms with E-state index in [0.717, 1.165) is 32.8 Å². The van der Waals surface area contributed by atoms with Crippen LogP contribution in [-0.2, 0) is 18.6 Å². The molecule has 0 amide bonds. The molecule has 2 saturated heterocycles. The standard InChI is InChI=1S/C21H36N6O4Si/c1-21(2,3)32(5,6)31-16-14(11-26-7-9-29-10-8-26)30-20(17(16)28-4)27-13-25-15-18(22)23-12-24-19(15)27/h12-14,16-17,20H,7-11H2,1-6H3,(H2,22,23,24)/t14-,16?,17+,20-/m1/s1. The molecule has 0 aliphatic carbocycles. The second-order valence-corrected chi connectivity index (χ2v) is 14.9. The predicted molar refractivity (Wildman–Crippen MR) is 124 cm³/mol. The lowest BCUT2D eigenvalue weighted by Gasteiger charge is -2.41. The fourth-order valence-electron chi connectivity index (χ4n) is 4.08. The van der Waals surface area contributed by atoms with Crippen molar-refractivity contribution in [1.29, 1.82) is 0 Å². The SMILES string of the molecule is CO[C@H]1C(O[Si](C)(C)C(C)(C)C)[C@@H](CN2CCOCC2)O[C@H]1n1cnc2c(N)ncnc21. The van der Waals surface area contributed by atoms with E-state index >= 15 is 0 Å². The van der Waals surface area contributed by atoms with Crippen LogP contribution < -0.4 is 5.73 Å². The van der Waals surface area contributed by atoms with Crippen LogP contribution in [0.3, 0.4) is 0 Å². The summed E-state index contributed by atoms with van der Waals surface area (Å²) in [6.45, 7) is 15.2. The van der Waals surface area contributed by atoms with Crippen molar-refractivity contribution in [3.8, 4) is 0 Å². The maximum Gasteiger partial charge on any atom is 0.192 e. The van der Waals surface area contributed by atoms with Crippen LogP contribution >= 0.6 is 0 Å². The Bertz CT molecular complexity index is 927. The molecule has 2 fully saturated rings. The molecule has 4 rings (SSSR count). The average molecular weight is 465 g/mol. The molecule has 2 aliphatic rings. The molecule has 2 aromatic rings. The highest BCUT2D eigenvalue weighted by atomic mass is 28.4. The summed E-state index contributed by atoms with van der Waals surface area (Å²) in [6, 6.07) is 0. The molecule has 0 aromatic carbocycles. The van der Waals surface area contributed by atoms with Gasteiger partial charge in [0, 0.05) is 26.7 Å². The number of methoxy groups -OCH3 is 1. The van der Waals surface area contributed by atoms with Crippen LogP contribution in [0.15, 0.2) is 12.7 Å². The summed E-state index contributed by atoms with van der Waals surface area (Å²) < 4.78 is 27.0. The number of aromatic nitrogens is 4. The van der Waals surface area contributed by atoms with Crippen molar-refractivity contribution in [2.24, 2.45) is 0 Å². The van der Waals surface area contributed by atoms with Crippen molar-refractivity contribution in [3.63, 3.8) is 0 Å². The summed E-state index contributed by atoms with van der Waals surface area (Å²) in [5.41, 5.74) is 7.20. The number of hydrogen-bond acceptors (Lipinski definition) is 9. The Kier molecular flexibility index (Phi) is 6.58. The van der Waals surface area contributed by atoms with Gasteiger partial charge < -0.3 is 24.4 Å². The Morgan fingerprint density at radius 1 is 1.16 bits per heavy atom. The fourth-order valence-corrected chi connectivity index (χ4v) is 5.40. The zero-order valence-corrected chi connectivity index (χ0v) is 20.9. The molecule has 0 bridgehead atoms. The predicted octanol–water partition coefficient (Wildman–Crippen LogP) is 2.04. The second kappa shape index (κ2) is 8.96. The van der Waals surface area contributed by atoms with Crippen LogP contribution in [0.5, 0.6) is 0 Å². The number of morpholine rings is 1. The number of nitrogen functional groups attached to an aromatic ring is 1. The van der Waals surface area contributed by atoms with Crippen molar-refractivity contribution in [1.82, 2.24) is 24.4 Å². The van der Waals surface area contributed by atoms with Crippen LogP contribution in [0, 0.1) is 0 Å². The van der Waals surface area contributed by atoms with E-state index in [0.29, 0.717) is 17.0 Å². The van der Waals surface area contributed by atoms with Crippen molar-refractivity contribution in [3.05, 3.63) is 12.7 Å². The first-order chi connectivity index (χ1) is 15.1. The van der Waals surface area contributed by atoms with Gasteiger partial charge in [0.25, 0.3) is 0 Å². The summed E-state index contributed by atoms with van der Waals surface area (Å²) in [5, 5.41) is 0.0657. The lowest BCUT2D eigenvalue weighted by atomic mass is 10.1. The normalized spacial score (nSPS) is 27.9. The maximum atomic E-state index is 6.92. The number of anilines is 1. The third kappa shape index (κ3) is 4.42. The molecule has 0 spiro atoms. The van der Waals surface area contributed by atoms with E-state index in [4.69, 9.17) is 24.4 Å². The van der Waals surface area contributed by atoms with Crippen LogP contribution in [0.25, 0.3) is 11.2 Å². The van der Waals surface area contributed by atoms with Gasteiger partial charge in [-0.25, -0.2) is 15.0 Å². The zero-order valence-electron chi connectivity index (χ0n) is 19.9. The van der Waals surface area contributed by atoms with Gasteiger partial charge in [0.2, 0.25) is 0 Å². The Labute approximate surface area is 190 Å². The molecule has 0 saturated carbocycles. The van der Waals surface area contributed by atoms with Gasteiger partial charge in [0.05, 0.1) is 19.5 Å². The number of fused-ring (bicyclic) bond motifs is 1. The molecule has 4 atom stereocenters. The van der Waals surface area contributed by atoms with E-state index in [1.54, 1.807) is 13.4 Å². The highest BCUT2D eigenvalue weighted by Gasteiger charge is 2.51. The zero-order chi connectivity index (χ0) is 23.1. The molecular weight excluding hydrogens is 428 g/mol. The maximum absolute atomic E-state index is 6.92. The van der Waals surface area contributed by atoms with Gasteiger partial charge in [-0.2, -0.15) is 0 Å². The summed E-state index contributed by atoms with van der Waals surface area (Å²) in [5.74, 6) is 0.347. The van der Waals surface area contributed by atoms with Crippen molar-refractivity contribution in [2.75, 3.05) is 45.7 Å². The lowest BCUT2D eigenvalue weighted by molar-refractivity contribution is -0.0603. The highest BCUT2D eigenvalue weighted by molar-refractivity contribution is 6.74. The first kappa shape index (κ1) is 23.5. The van der Waals surface area contributed by atoms with Gasteiger partial charge >= 0.3 is 0 Å². The molecule has 32 heavy (non-hydrogen) atoms. The van der Waals surface area contributed by atoms with E-state index < -0.39 is 14.5 Å². The Balaban J connectivity index is 1.68. The summed E-state index contributed by atoms with van der Waals surface area (Å²) >= 11 is 0. The summed E-state index contributed by atoms with van der Waals surface area (Å²) in [7, 11) is -0.375. The number of nitrogens with two attached hydrogens (primary N) is 1. The van der Waals surface area contributed by atoms with E-state index in [1.165, 1.54) is 6.33 Å². The minimum atomic E-state index is -2.09. The smallest absolute Gasteiger partial charge is 0.192 e. The van der Waals surface area contributed by atoms with Crippen LogP contribution in [-0.4, -0.2) is 91.0 Å². The topological polar surface area (TPSA) is 110 Å².